The molecule has 2 rings (SSSR count). The van der Waals surface area contributed by atoms with E-state index in [1.165, 1.54) is 27.9 Å². The lowest BCUT2D eigenvalue weighted by atomic mass is 10.2. The third-order valence-corrected chi connectivity index (χ3v) is 3.41. The van der Waals surface area contributed by atoms with Crippen LogP contribution in [0, 0.1) is 0 Å². The molecule has 1 aromatic carbocycles. The van der Waals surface area contributed by atoms with E-state index in [0.29, 0.717) is 30.4 Å². The first-order valence-corrected chi connectivity index (χ1v) is 7.80. The van der Waals surface area contributed by atoms with Gasteiger partial charge in [-0.25, -0.2) is 9.78 Å². The van der Waals surface area contributed by atoms with E-state index in [1.807, 2.05) is 20.8 Å². The Morgan fingerprint density at radius 3 is 2.75 bits per heavy atom. The number of aryl methyl sites for hydroxylation is 1. The predicted molar refractivity (Wildman–Crippen MR) is 91.1 cm³/mol. The van der Waals surface area contributed by atoms with Gasteiger partial charge >= 0.3 is 6.09 Å². The summed E-state index contributed by atoms with van der Waals surface area (Å²) < 4.78 is 6.75. The van der Waals surface area contributed by atoms with E-state index in [4.69, 9.17) is 4.74 Å². The number of nitrogens with zero attached hydrogens (tertiary/aromatic N) is 3. The summed E-state index contributed by atoms with van der Waals surface area (Å²) in [6.07, 6.45) is 1.67. The molecule has 1 aromatic heterocycles. The van der Waals surface area contributed by atoms with Crippen LogP contribution in [0.5, 0.6) is 5.75 Å². The molecule has 130 valence electrons. The Hall–Kier alpha value is -2.57. The molecule has 0 fully saturated rings. The third kappa shape index (κ3) is 4.47. The molecule has 1 heterocycles. The zero-order valence-electron chi connectivity index (χ0n) is 14.4. The summed E-state index contributed by atoms with van der Waals surface area (Å²) >= 11 is 0. The Kier molecular flexibility index (Phi) is 5.11. The SMILES string of the molecule is CN(CCCn1cnc2ccc(O)cc2c1=O)C(=O)OC(C)(C)C. The molecule has 0 aliphatic rings. The molecule has 0 saturated carbocycles. The molecule has 1 N–H and O–H groups in total. The number of hydrogen-bond acceptors (Lipinski definition) is 5. The standard InChI is InChI=1S/C17H23N3O4/c1-17(2,3)24-16(23)19(4)8-5-9-20-11-18-14-7-6-12(21)10-13(14)15(20)22/h6-7,10-11,21H,5,8-9H2,1-4H3. The fourth-order valence-corrected chi connectivity index (χ4v) is 2.22. The van der Waals surface area contributed by atoms with Crippen molar-refractivity contribution in [1.82, 2.24) is 14.5 Å². The summed E-state index contributed by atoms with van der Waals surface area (Å²) in [6.45, 7) is 6.32. The molecular weight excluding hydrogens is 310 g/mol. The Morgan fingerprint density at radius 1 is 1.38 bits per heavy atom. The fraction of sp³-hybridized carbons (Fsp3) is 0.471. The predicted octanol–water partition coefficient (Wildman–Crippen LogP) is 2.36. The van der Waals surface area contributed by atoms with Crippen molar-refractivity contribution in [2.24, 2.45) is 0 Å². The molecule has 1 amide bonds. The lowest BCUT2D eigenvalue weighted by Gasteiger charge is -2.24. The Labute approximate surface area is 140 Å². The smallest absolute Gasteiger partial charge is 0.410 e. The molecule has 0 atom stereocenters. The van der Waals surface area contributed by atoms with E-state index in [1.54, 1.807) is 13.1 Å². The second-order valence-corrected chi connectivity index (χ2v) is 6.70. The molecule has 24 heavy (non-hydrogen) atoms. The van der Waals surface area contributed by atoms with E-state index >= 15 is 0 Å². The van der Waals surface area contributed by atoms with Crippen molar-refractivity contribution in [3.63, 3.8) is 0 Å². The van der Waals surface area contributed by atoms with E-state index in [2.05, 4.69) is 4.98 Å². The van der Waals surface area contributed by atoms with Crippen molar-refractivity contribution in [2.75, 3.05) is 13.6 Å². The molecule has 0 aliphatic carbocycles. The molecule has 0 spiro atoms. The van der Waals surface area contributed by atoms with Gasteiger partial charge in [0.05, 0.1) is 17.2 Å². The number of carbonyl (C=O) groups is 1. The van der Waals surface area contributed by atoms with Gasteiger partial charge in [-0.2, -0.15) is 0 Å². The number of rotatable bonds is 4. The van der Waals surface area contributed by atoms with Gasteiger partial charge in [0.2, 0.25) is 0 Å². The minimum atomic E-state index is -0.535. The molecule has 0 unspecified atom stereocenters. The van der Waals surface area contributed by atoms with Crippen LogP contribution in [-0.2, 0) is 11.3 Å². The monoisotopic (exact) mass is 333 g/mol. The zero-order valence-corrected chi connectivity index (χ0v) is 14.4. The zero-order chi connectivity index (χ0) is 17.9. The molecule has 0 aliphatic heterocycles. The number of aromatic hydroxyl groups is 1. The van der Waals surface area contributed by atoms with Crippen molar-refractivity contribution in [3.8, 4) is 5.75 Å². The quantitative estimate of drug-likeness (QED) is 0.928. The summed E-state index contributed by atoms with van der Waals surface area (Å²) in [5.41, 5.74) is -0.206. The average Bonchev–Trinajstić information content (AvgIpc) is 2.48. The molecule has 0 bridgehead atoms. The first-order valence-electron chi connectivity index (χ1n) is 7.80. The number of benzene rings is 1. The lowest BCUT2D eigenvalue weighted by Crippen LogP contribution is -2.35. The Morgan fingerprint density at radius 2 is 2.08 bits per heavy atom. The summed E-state index contributed by atoms with van der Waals surface area (Å²) in [4.78, 5) is 30.0. The van der Waals surface area contributed by atoms with E-state index in [0.717, 1.165) is 0 Å². The Balaban J connectivity index is 2.00. The second kappa shape index (κ2) is 6.90. The van der Waals surface area contributed by atoms with Crippen LogP contribution in [0.2, 0.25) is 0 Å². The van der Waals surface area contributed by atoms with Crippen molar-refractivity contribution in [1.29, 1.82) is 0 Å². The second-order valence-electron chi connectivity index (χ2n) is 6.70. The van der Waals surface area contributed by atoms with E-state index < -0.39 is 11.7 Å². The first kappa shape index (κ1) is 17.8. The number of amides is 1. The topological polar surface area (TPSA) is 84.7 Å². The Bertz CT molecular complexity index is 793. The highest BCUT2D eigenvalue weighted by atomic mass is 16.6. The molecule has 7 heteroatoms. The fourth-order valence-electron chi connectivity index (χ4n) is 2.22. The lowest BCUT2D eigenvalue weighted by molar-refractivity contribution is 0.0295. The van der Waals surface area contributed by atoms with Crippen LogP contribution in [0.3, 0.4) is 0 Å². The minimum Gasteiger partial charge on any atom is -0.508 e. The molecule has 0 radical (unpaired) electrons. The van der Waals surface area contributed by atoms with Crippen molar-refractivity contribution in [2.45, 2.75) is 39.3 Å². The largest absolute Gasteiger partial charge is 0.508 e. The molecule has 2 aromatic rings. The van der Waals surface area contributed by atoms with Crippen molar-refractivity contribution < 1.29 is 14.6 Å². The van der Waals surface area contributed by atoms with Gasteiger partial charge in [0.25, 0.3) is 5.56 Å². The van der Waals surface area contributed by atoms with Gasteiger partial charge in [0, 0.05) is 20.1 Å². The summed E-state index contributed by atoms with van der Waals surface area (Å²) in [7, 11) is 1.66. The summed E-state index contributed by atoms with van der Waals surface area (Å²) in [5.74, 6) is 0.0313. The van der Waals surface area contributed by atoms with Gasteiger partial charge in [0.1, 0.15) is 11.4 Å². The highest BCUT2D eigenvalue weighted by Crippen LogP contribution is 2.14. The van der Waals surface area contributed by atoms with Gasteiger partial charge in [-0.1, -0.05) is 0 Å². The highest BCUT2D eigenvalue weighted by Gasteiger charge is 2.19. The maximum atomic E-state index is 12.4. The number of phenolic OH excluding ortho intramolecular Hbond substituents is 1. The van der Waals surface area contributed by atoms with Gasteiger partial charge in [-0.3, -0.25) is 9.36 Å². The summed E-state index contributed by atoms with van der Waals surface area (Å²) in [5, 5.41) is 9.89. The molecule has 0 saturated heterocycles. The number of ether oxygens (including phenoxy) is 1. The maximum Gasteiger partial charge on any atom is 0.410 e. The van der Waals surface area contributed by atoms with Crippen LogP contribution >= 0.6 is 0 Å². The maximum absolute atomic E-state index is 12.4. The number of fused-ring (bicyclic) bond motifs is 1. The van der Waals surface area contributed by atoms with Crippen LogP contribution in [0.1, 0.15) is 27.2 Å². The van der Waals surface area contributed by atoms with Crippen LogP contribution in [0.15, 0.2) is 29.3 Å². The normalized spacial score (nSPS) is 11.5. The van der Waals surface area contributed by atoms with E-state index in [-0.39, 0.29) is 11.3 Å². The van der Waals surface area contributed by atoms with Crippen molar-refractivity contribution >= 4 is 17.0 Å². The van der Waals surface area contributed by atoms with Crippen LogP contribution in [-0.4, -0.2) is 44.8 Å². The van der Waals surface area contributed by atoms with Crippen LogP contribution in [0.25, 0.3) is 10.9 Å². The number of aromatic nitrogens is 2. The van der Waals surface area contributed by atoms with Gasteiger partial charge in [-0.15, -0.1) is 0 Å². The van der Waals surface area contributed by atoms with Crippen LogP contribution < -0.4 is 5.56 Å². The number of phenols is 1. The molecule has 7 nitrogen and oxygen atoms in total. The van der Waals surface area contributed by atoms with E-state index in [9.17, 15) is 14.7 Å². The minimum absolute atomic E-state index is 0.0313. The van der Waals surface area contributed by atoms with Gasteiger partial charge < -0.3 is 14.7 Å². The first-order chi connectivity index (χ1) is 11.2. The average molecular weight is 333 g/mol. The van der Waals surface area contributed by atoms with Gasteiger partial charge in [-0.05, 0) is 45.4 Å². The summed E-state index contributed by atoms with van der Waals surface area (Å²) in [6, 6.07) is 4.51. The highest BCUT2D eigenvalue weighted by molar-refractivity contribution is 5.78. The number of hydrogen-bond donors (Lipinski definition) is 1. The molecular formula is C17H23N3O4. The van der Waals surface area contributed by atoms with Crippen molar-refractivity contribution in [3.05, 3.63) is 34.9 Å². The number of carbonyl (C=O) groups excluding carboxylic acids is 1. The third-order valence-electron chi connectivity index (χ3n) is 3.41. The van der Waals surface area contributed by atoms with Gasteiger partial charge in [0.15, 0.2) is 0 Å². The van der Waals surface area contributed by atoms with Crippen LogP contribution in [0.4, 0.5) is 4.79 Å².